The SMILES string of the molecule is Cc1ccc(N2C(=NC(=O)c3ccccc3)S[C@H]3CS(=O)(=O)C[C@@H]32)cc1. The van der Waals surface area contributed by atoms with Crippen LogP contribution in [-0.2, 0) is 9.84 Å². The number of amidine groups is 1. The Morgan fingerprint density at radius 2 is 1.77 bits per heavy atom. The maximum Gasteiger partial charge on any atom is 0.279 e. The summed E-state index contributed by atoms with van der Waals surface area (Å²) in [6.45, 7) is 2.00. The lowest BCUT2D eigenvalue weighted by Gasteiger charge is -2.24. The standard InChI is InChI=1S/C19H18N2O3S2/c1-13-7-9-15(10-8-13)21-16-11-26(23,24)12-17(16)25-19(21)20-18(22)14-5-3-2-4-6-14/h2-10,16-17H,11-12H2,1H3/t16-,17-/m0/s1. The molecule has 0 spiro atoms. The fraction of sp³-hybridized carbons (Fsp3) is 0.263. The van der Waals surface area contributed by atoms with Crippen LogP contribution in [0.15, 0.2) is 59.6 Å². The average Bonchev–Trinajstić information content (AvgIpc) is 3.07. The number of thioether (sulfide) groups is 1. The summed E-state index contributed by atoms with van der Waals surface area (Å²) in [5, 5.41) is 0.483. The van der Waals surface area contributed by atoms with E-state index >= 15 is 0 Å². The van der Waals surface area contributed by atoms with E-state index in [-0.39, 0.29) is 28.7 Å². The van der Waals surface area contributed by atoms with E-state index in [1.54, 1.807) is 24.3 Å². The maximum atomic E-state index is 12.5. The Bertz CT molecular complexity index is 970. The second kappa shape index (κ2) is 6.55. The van der Waals surface area contributed by atoms with Gasteiger partial charge in [-0.1, -0.05) is 47.7 Å². The predicted molar refractivity (Wildman–Crippen MR) is 106 cm³/mol. The molecule has 0 radical (unpaired) electrons. The summed E-state index contributed by atoms with van der Waals surface area (Å²) in [5.41, 5.74) is 2.51. The van der Waals surface area contributed by atoms with Gasteiger partial charge in [-0.2, -0.15) is 4.99 Å². The van der Waals surface area contributed by atoms with Gasteiger partial charge in [0, 0.05) is 16.5 Å². The minimum absolute atomic E-state index is 0.0939. The highest BCUT2D eigenvalue weighted by Crippen LogP contribution is 2.41. The minimum atomic E-state index is -3.06. The van der Waals surface area contributed by atoms with Crippen LogP contribution in [0.5, 0.6) is 0 Å². The highest BCUT2D eigenvalue weighted by Gasteiger charge is 2.49. The van der Waals surface area contributed by atoms with Crippen LogP contribution in [0.1, 0.15) is 15.9 Å². The molecule has 2 fully saturated rings. The van der Waals surface area contributed by atoms with Gasteiger partial charge in [-0.05, 0) is 31.2 Å². The lowest BCUT2D eigenvalue weighted by Crippen LogP contribution is -2.37. The van der Waals surface area contributed by atoms with Crippen LogP contribution in [0.2, 0.25) is 0 Å². The third-order valence-electron chi connectivity index (χ3n) is 4.60. The molecule has 0 unspecified atom stereocenters. The molecule has 2 aromatic rings. The molecular weight excluding hydrogens is 368 g/mol. The molecule has 2 atom stereocenters. The Balaban J connectivity index is 1.72. The molecule has 2 aliphatic rings. The van der Waals surface area contributed by atoms with Crippen molar-refractivity contribution in [2.24, 2.45) is 4.99 Å². The molecule has 2 aliphatic heterocycles. The summed E-state index contributed by atoms with van der Waals surface area (Å²) < 4.78 is 24.2. The van der Waals surface area contributed by atoms with Crippen LogP contribution >= 0.6 is 11.8 Å². The first-order valence-electron chi connectivity index (χ1n) is 8.34. The van der Waals surface area contributed by atoms with Gasteiger partial charge in [0.2, 0.25) is 0 Å². The van der Waals surface area contributed by atoms with Crippen LogP contribution in [0.3, 0.4) is 0 Å². The number of anilines is 1. The van der Waals surface area contributed by atoms with Crippen molar-refractivity contribution in [3.8, 4) is 0 Å². The number of benzene rings is 2. The number of carbonyl (C=O) groups excluding carboxylic acids is 1. The fourth-order valence-corrected chi connectivity index (χ4v) is 7.22. The number of fused-ring (bicyclic) bond motifs is 1. The van der Waals surface area contributed by atoms with Crippen molar-refractivity contribution >= 4 is 38.4 Å². The normalized spacial score (nSPS) is 25.4. The molecule has 134 valence electrons. The zero-order valence-electron chi connectivity index (χ0n) is 14.2. The van der Waals surface area contributed by atoms with Crippen molar-refractivity contribution in [3.63, 3.8) is 0 Å². The van der Waals surface area contributed by atoms with Gasteiger partial charge >= 0.3 is 0 Å². The van der Waals surface area contributed by atoms with Gasteiger partial charge in [-0.15, -0.1) is 0 Å². The van der Waals surface area contributed by atoms with Gasteiger partial charge in [0.05, 0.1) is 17.5 Å². The molecule has 1 amide bonds. The van der Waals surface area contributed by atoms with Gasteiger partial charge in [0.15, 0.2) is 15.0 Å². The number of hydrogen-bond donors (Lipinski definition) is 0. The number of nitrogens with zero attached hydrogens (tertiary/aromatic N) is 2. The van der Waals surface area contributed by atoms with E-state index in [4.69, 9.17) is 0 Å². The van der Waals surface area contributed by atoms with E-state index in [9.17, 15) is 13.2 Å². The third-order valence-corrected chi connectivity index (χ3v) is 7.81. The van der Waals surface area contributed by atoms with Crippen LogP contribution in [0.4, 0.5) is 5.69 Å². The zero-order chi connectivity index (χ0) is 18.3. The number of rotatable bonds is 2. The summed E-state index contributed by atoms with van der Waals surface area (Å²) in [7, 11) is -3.06. The van der Waals surface area contributed by atoms with Crippen molar-refractivity contribution in [3.05, 3.63) is 65.7 Å². The molecule has 7 heteroatoms. The summed E-state index contributed by atoms with van der Waals surface area (Å²) in [4.78, 5) is 18.8. The summed E-state index contributed by atoms with van der Waals surface area (Å²) in [6.07, 6.45) is 0. The zero-order valence-corrected chi connectivity index (χ0v) is 15.8. The molecule has 2 heterocycles. The summed E-state index contributed by atoms with van der Waals surface area (Å²) in [6, 6.07) is 16.6. The van der Waals surface area contributed by atoms with Crippen LogP contribution < -0.4 is 4.90 Å². The van der Waals surface area contributed by atoms with Crippen molar-refractivity contribution in [1.29, 1.82) is 0 Å². The predicted octanol–water partition coefficient (Wildman–Crippen LogP) is 2.91. The summed E-state index contributed by atoms with van der Waals surface area (Å²) >= 11 is 1.39. The van der Waals surface area contributed by atoms with Crippen molar-refractivity contribution in [2.45, 2.75) is 18.2 Å². The minimum Gasteiger partial charge on any atom is -0.316 e. The first kappa shape index (κ1) is 17.3. The van der Waals surface area contributed by atoms with Crippen LogP contribution in [0, 0.1) is 6.92 Å². The van der Waals surface area contributed by atoms with E-state index < -0.39 is 9.84 Å². The molecule has 0 N–H and O–H groups in total. The highest BCUT2D eigenvalue weighted by atomic mass is 32.2. The van der Waals surface area contributed by atoms with Crippen molar-refractivity contribution < 1.29 is 13.2 Å². The molecule has 0 saturated carbocycles. The first-order valence-corrected chi connectivity index (χ1v) is 11.0. The molecule has 4 rings (SSSR count). The molecular formula is C19H18N2O3S2. The van der Waals surface area contributed by atoms with E-state index in [1.807, 2.05) is 42.2 Å². The number of carbonyl (C=O) groups is 1. The number of amides is 1. The van der Waals surface area contributed by atoms with Gasteiger partial charge in [0.1, 0.15) is 0 Å². The lowest BCUT2D eigenvalue weighted by atomic mass is 10.1. The second-order valence-electron chi connectivity index (χ2n) is 6.57. The Labute approximate surface area is 157 Å². The topological polar surface area (TPSA) is 66.8 Å². The van der Waals surface area contributed by atoms with Crippen molar-refractivity contribution in [1.82, 2.24) is 0 Å². The van der Waals surface area contributed by atoms with Crippen molar-refractivity contribution in [2.75, 3.05) is 16.4 Å². The second-order valence-corrected chi connectivity index (χ2v) is 9.93. The number of sulfone groups is 1. The number of aryl methyl sites for hydroxylation is 1. The molecule has 26 heavy (non-hydrogen) atoms. The van der Waals surface area contributed by atoms with Gasteiger partial charge < -0.3 is 4.90 Å². The molecule has 0 aliphatic carbocycles. The molecule has 0 aromatic heterocycles. The highest BCUT2D eigenvalue weighted by molar-refractivity contribution is 8.16. The van der Waals surface area contributed by atoms with Crippen LogP contribution in [-0.4, -0.2) is 42.3 Å². The van der Waals surface area contributed by atoms with E-state index in [0.717, 1.165) is 11.3 Å². The smallest absolute Gasteiger partial charge is 0.279 e. The number of aliphatic imine (C=N–C) groups is 1. The molecule has 0 bridgehead atoms. The van der Waals surface area contributed by atoms with E-state index in [2.05, 4.69) is 4.99 Å². The Hall–Kier alpha value is -2.12. The number of hydrogen-bond acceptors (Lipinski definition) is 4. The maximum absolute atomic E-state index is 12.5. The van der Waals surface area contributed by atoms with Gasteiger partial charge in [0.25, 0.3) is 5.91 Å². The summed E-state index contributed by atoms with van der Waals surface area (Å²) in [5.74, 6) is -0.0894. The monoisotopic (exact) mass is 386 g/mol. The molecule has 2 saturated heterocycles. The molecule has 2 aromatic carbocycles. The fourth-order valence-electron chi connectivity index (χ4n) is 3.30. The average molecular weight is 386 g/mol. The Morgan fingerprint density at radius 3 is 2.46 bits per heavy atom. The Kier molecular flexibility index (Phi) is 4.36. The van der Waals surface area contributed by atoms with E-state index in [0.29, 0.717) is 10.7 Å². The lowest BCUT2D eigenvalue weighted by molar-refractivity contribution is 0.100. The first-order chi connectivity index (χ1) is 12.4. The van der Waals surface area contributed by atoms with Gasteiger partial charge in [-0.25, -0.2) is 8.42 Å². The van der Waals surface area contributed by atoms with Gasteiger partial charge in [-0.3, -0.25) is 4.79 Å². The third kappa shape index (κ3) is 3.29. The largest absolute Gasteiger partial charge is 0.316 e. The quantitative estimate of drug-likeness (QED) is 0.794. The Morgan fingerprint density at radius 1 is 1.08 bits per heavy atom. The van der Waals surface area contributed by atoms with E-state index in [1.165, 1.54) is 11.8 Å². The molecule has 5 nitrogen and oxygen atoms in total. The van der Waals surface area contributed by atoms with Crippen LogP contribution in [0.25, 0.3) is 0 Å².